The summed E-state index contributed by atoms with van der Waals surface area (Å²) in [5, 5.41) is 22.8. The third kappa shape index (κ3) is 2.10. The van der Waals surface area contributed by atoms with Gasteiger partial charge >= 0.3 is 5.69 Å². The molecule has 10 nitrogen and oxygen atoms in total. The normalized spacial score (nSPS) is 29.2. The van der Waals surface area contributed by atoms with Gasteiger partial charge in [0.1, 0.15) is 5.69 Å². The van der Waals surface area contributed by atoms with Gasteiger partial charge < -0.3 is 0 Å². The predicted octanol–water partition coefficient (Wildman–Crippen LogP) is 1.64. The lowest BCUT2D eigenvalue weighted by Gasteiger charge is -2.19. The number of hydrogen-bond donors (Lipinski definition) is 1. The molecule has 0 radical (unpaired) electrons. The van der Waals surface area contributed by atoms with Crippen molar-refractivity contribution in [3.05, 3.63) is 50.6 Å². The number of anilines is 1. The van der Waals surface area contributed by atoms with Crippen molar-refractivity contribution in [1.29, 1.82) is 0 Å². The van der Waals surface area contributed by atoms with Gasteiger partial charge in [-0.15, -0.1) is 0 Å². The summed E-state index contributed by atoms with van der Waals surface area (Å²) >= 11 is 0. The van der Waals surface area contributed by atoms with Crippen molar-refractivity contribution in [2.24, 2.45) is 23.7 Å². The number of nitrogens with one attached hydrogen (secondary N) is 1. The maximum Gasteiger partial charge on any atom is 0.300 e. The number of benzene rings is 1. The number of nitro benzene ring substituents is 2. The second kappa shape index (κ2) is 5.10. The van der Waals surface area contributed by atoms with Gasteiger partial charge in [0.05, 0.1) is 27.7 Å². The van der Waals surface area contributed by atoms with Crippen LogP contribution in [0.3, 0.4) is 0 Å². The third-order valence-corrected chi connectivity index (χ3v) is 5.09. The lowest BCUT2D eigenvalue weighted by atomic mass is 9.85. The first-order chi connectivity index (χ1) is 11.9. The van der Waals surface area contributed by atoms with Crippen LogP contribution in [0.4, 0.5) is 17.1 Å². The molecule has 25 heavy (non-hydrogen) atoms. The first-order valence-electron chi connectivity index (χ1n) is 7.64. The Balaban J connectivity index is 1.65. The predicted molar refractivity (Wildman–Crippen MR) is 82.9 cm³/mol. The standard InChI is InChI=1S/C15H12N4O6/c20-14-12-7-1-2-8(5-7)13(12)15(21)17(14)16-10-4-3-9(18(22)23)6-11(10)19(24)25/h1-4,6-8,12-13,16H,5H2/t7-,8-,12+,13+/m0/s1. The van der Waals surface area contributed by atoms with Gasteiger partial charge in [-0.05, 0) is 24.3 Å². The Labute approximate surface area is 140 Å². The molecule has 1 saturated heterocycles. The van der Waals surface area contributed by atoms with E-state index in [0.29, 0.717) is 0 Å². The molecule has 2 amide bonds. The minimum absolute atomic E-state index is 0.0186. The van der Waals surface area contributed by atoms with Gasteiger partial charge in [0.25, 0.3) is 17.5 Å². The highest BCUT2D eigenvalue weighted by atomic mass is 16.6. The number of carbonyl (C=O) groups is 2. The summed E-state index contributed by atoms with van der Waals surface area (Å²) in [7, 11) is 0. The van der Waals surface area contributed by atoms with E-state index in [1.165, 1.54) is 0 Å². The molecule has 0 spiro atoms. The van der Waals surface area contributed by atoms with Crippen LogP contribution in [0.25, 0.3) is 0 Å². The average Bonchev–Trinajstić information content (AvgIpc) is 3.24. The molecular weight excluding hydrogens is 332 g/mol. The second-order valence-corrected chi connectivity index (χ2v) is 6.34. The zero-order valence-electron chi connectivity index (χ0n) is 12.7. The molecule has 2 aliphatic carbocycles. The summed E-state index contributed by atoms with van der Waals surface area (Å²) in [6.45, 7) is 0. The lowest BCUT2D eigenvalue weighted by molar-refractivity contribution is -0.393. The van der Waals surface area contributed by atoms with E-state index in [2.05, 4.69) is 5.43 Å². The van der Waals surface area contributed by atoms with Gasteiger partial charge in [-0.3, -0.25) is 35.2 Å². The highest BCUT2D eigenvalue weighted by Gasteiger charge is 2.59. The van der Waals surface area contributed by atoms with Gasteiger partial charge in [0, 0.05) is 6.07 Å². The SMILES string of the molecule is O=C1[C@H]2[C@H](C(=O)N1Nc1ccc([N+](=O)[O-])cc1[N+](=O)[O-])[C@H]1C=C[C@H]2C1. The highest BCUT2D eigenvalue weighted by molar-refractivity contribution is 6.07. The Morgan fingerprint density at radius 3 is 2.12 bits per heavy atom. The summed E-state index contributed by atoms with van der Waals surface area (Å²) in [4.78, 5) is 45.6. The number of amides is 2. The topological polar surface area (TPSA) is 136 Å². The van der Waals surface area contributed by atoms with E-state index in [4.69, 9.17) is 0 Å². The number of non-ortho nitro benzene ring substituents is 1. The number of hydrazine groups is 1. The molecule has 1 heterocycles. The van der Waals surface area contributed by atoms with E-state index in [1.807, 2.05) is 12.2 Å². The fourth-order valence-corrected chi connectivity index (χ4v) is 4.01. The Hall–Kier alpha value is -3.30. The number of carbonyl (C=O) groups excluding carboxylic acids is 2. The zero-order chi connectivity index (χ0) is 17.9. The van der Waals surface area contributed by atoms with Crippen LogP contribution in [0.5, 0.6) is 0 Å². The monoisotopic (exact) mass is 344 g/mol. The molecule has 4 atom stereocenters. The lowest BCUT2D eigenvalue weighted by Crippen LogP contribution is -2.38. The Morgan fingerprint density at radius 1 is 1.00 bits per heavy atom. The van der Waals surface area contributed by atoms with Gasteiger partial charge in [-0.2, -0.15) is 5.01 Å². The molecule has 2 fully saturated rings. The van der Waals surface area contributed by atoms with Crippen LogP contribution in [0, 0.1) is 43.9 Å². The van der Waals surface area contributed by atoms with Crippen LogP contribution < -0.4 is 5.43 Å². The molecule has 128 valence electrons. The highest BCUT2D eigenvalue weighted by Crippen LogP contribution is 2.52. The van der Waals surface area contributed by atoms with Crippen molar-refractivity contribution in [2.45, 2.75) is 6.42 Å². The molecular formula is C15H12N4O6. The number of fused-ring (bicyclic) bond motifs is 5. The van der Waals surface area contributed by atoms with Gasteiger partial charge in [0.2, 0.25) is 0 Å². The number of imide groups is 1. The van der Waals surface area contributed by atoms with E-state index in [0.717, 1.165) is 29.6 Å². The van der Waals surface area contributed by atoms with Gasteiger partial charge in [-0.1, -0.05) is 12.2 Å². The van der Waals surface area contributed by atoms with Crippen LogP contribution in [-0.4, -0.2) is 26.7 Å². The zero-order valence-corrected chi connectivity index (χ0v) is 12.7. The Bertz CT molecular complexity index is 836. The quantitative estimate of drug-likeness (QED) is 0.379. The molecule has 10 heteroatoms. The summed E-state index contributed by atoms with van der Waals surface area (Å²) in [5.74, 6) is -1.67. The summed E-state index contributed by atoms with van der Waals surface area (Å²) in [5.41, 5.74) is 1.33. The van der Waals surface area contributed by atoms with Crippen LogP contribution in [0.1, 0.15) is 6.42 Å². The fraction of sp³-hybridized carbons (Fsp3) is 0.333. The van der Waals surface area contributed by atoms with E-state index in [9.17, 15) is 29.8 Å². The van der Waals surface area contributed by atoms with Crippen LogP contribution >= 0.6 is 0 Å². The number of allylic oxidation sites excluding steroid dienone is 2. The average molecular weight is 344 g/mol. The largest absolute Gasteiger partial charge is 0.300 e. The van der Waals surface area contributed by atoms with E-state index < -0.39 is 44.9 Å². The molecule has 2 bridgehead atoms. The molecule has 0 aromatic heterocycles. The van der Waals surface area contributed by atoms with Crippen molar-refractivity contribution in [2.75, 3.05) is 5.43 Å². The van der Waals surface area contributed by atoms with Gasteiger partial charge in [-0.25, -0.2) is 0 Å². The van der Waals surface area contributed by atoms with Crippen molar-refractivity contribution < 1.29 is 19.4 Å². The number of rotatable bonds is 4. The minimum atomic E-state index is -0.799. The smallest absolute Gasteiger partial charge is 0.282 e. The molecule has 1 aromatic rings. The minimum Gasteiger partial charge on any atom is -0.282 e. The van der Waals surface area contributed by atoms with E-state index in [-0.39, 0.29) is 17.5 Å². The summed E-state index contributed by atoms with van der Waals surface area (Å²) < 4.78 is 0. The molecule has 1 aliphatic heterocycles. The summed E-state index contributed by atoms with van der Waals surface area (Å²) in [6, 6.07) is 2.99. The number of hydrogen-bond acceptors (Lipinski definition) is 7. The van der Waals surface area contributed by atoms with E-state index >= 15 is 0 Å². The van der Waals surface area contributed by atoms with Crippen LogP contribution in [0.15, 0.2) is 30.4 Å². The first-order valence-corrected chi connectivity index (χ1v) is 7.64. The second-order valence-electron chi connectivity index (χ2n) is 6.34. The Morgan fingerprint density at radius 2 is 1.60 bits per heavy atom. The maximum atomic E-state index is 12.6. The molecule has 1 saturated carbocycles. The maximum absolute atomic E-state index is 12.6. The van der Waals surface area contributed by atoms with Crippen molar-refractivity contribution in [3.8, 4) is 0 Å². The van der Waals surface area contributed by atoms with Crippen molar-refractivity contribution >= 4 is 28.9 Å². The van der Waals surface area contributed by atoms with Crippen molar-refractivity contribution in [1.82, 2.24) is 5.01 Å². The molecule has 0 unspecified atom stereocenters. The summed E-state index contributed by atoms with van der Waals surface area (Å²) in [6.07, 6.45) is 4.65. The van der Waals surface area contributed by atoms with Crippen LogP contribution in [0.2, 0.25) is 0 Å². The Kier molecular flexibility index (Phi) is 3.11. The van der Waals surface area contributed by atoms with Crippen molar-refractivity contribution in [3.63, 3.8) is 0 Å². The fourth-order valence-electron chi connectivity index (χ4n) is 4.01. The molecule has 1 N–H and O–H groups in total. The molecule has 3 aliphatic rings. The molecule has 1 aromatic carbocycles. The third-order valence-electron chi connectivity index (χ3n) is 5.09. The number of nitrogens with zero attached hydrogens (tertiary/aromatic N) is 3. The van der Waals surface area contributed by atoms with Gasteiger partial charge in [0.15, 0.2) is 0 Å². The first kappa shape index (κ1) is 15.2. The van der Waals surface area contributed by atoms with E-state index in [1.54, 1.807) is 0 Å². The number of nitro groups is 2. The van der Waals surface area contributed by atoms with Crippen LogP contribution in [-0.2, 0) is 9.59 Å². The molecule has 4 rings (SSSR count).